The van der Waals surface area contributed by atoms with Crippen LogP contribution in [0.15, 0.2) is 36.4 Å². The van der Waals surface area contributed by atoms with Crippen molar-refractivity contribution in [1.82, 2.24) is 41.5 Å². The van der Waals surface area contributed by atoms with E-state index >= 15 is 0 Å². The minimum absolute atomic E-state index is 0.0617. The van der Waals surface area contributed by atoms with E-state index in [1.54, 1.807) is 11.8 Å². The molecule has 5 rings (SSSR count). The maximum absolute atomic E-state index is 13.4. The number of hydrogen-bond acceptors (Lipinski definition) is 8. The standard InChI is InChI=1S/C34H43N9O3/c1-6-36-30(45)24-10-14-27-22(16-24)8-9-23-17-25(31(46)37-7-2)11-15-28(23)34(27,32-39-41-42-40-32)20-33(4,5)38-19-29(44)43(21(3)18-35)26-12-13-26/h10-11,14-17,21,26,38H,6-9,12-13,19-20H2,1-5H3,(H,36,45)(H,37,46)(H,39,40,41,42). The number of nitriles is 1. The lowest BCUT2D eigenvalue weighted by atomic mass is 9.65. The molecule has 3 aromatic rings. The number of H-pyrrole nitrogens is 1. The van der Waals surface area contributed by atoms with Gasteiger partial charge in [-0.05, 0) is 124 Å². The molecule has 2 aliphatic carbocycles. The first-order valence-corrected chi connectivity index (χ1v) is 16.1. The highest BCUT2D eigenvalue weighted by Gasteiger charge is 2.48. The summed E-state index contributed by atoms with van der Waals surface area (Å²) in [6.07, 6.45) is 3.51. The zero-order valence-corrected chi connectivity index (χ0v) is 27.2. The average molecular weight is 626 g/mol. The quantitative estimate of drug-likeness (QED) is 0.238. The third-order valence-electron chi connectivity index (χ3n) is 9.00. The number of fused-ring (bicyclic) bond motifs is 2. The largest absolute Gasteiger partial charge is 0.352 e. The summed E-state index contributed by atoms with van der Waals surface area (Å²) in [4.78, 5) is 40.9. The number of benzene rings is 2. The number of nitrogens with one attached hydrogen (secondary N) is 4. The van der Waals surface area contributed by atoms with E-state index in [1.807, 2.05) is 64.1 Å². The Balaban J connectivity index is 1.62. The Morgan fingerprint density at radius 2 is 1.59 bits per heavy atom. The van der Waals surface area contributed by atoms with Crippen LogP contribution in [0.3, 0.4) is 0 Å². The molecule has 242 valence electrons. The normalized spacial score (nSPS) is 15.8. The van der Waals surface area contributed by atoms with Crippen molar-refractivity contribution in [2.75, 3.05) is 19.6 Å². The fourth-order valence-corrected chi connectivity index (χ4v) is 6.81. The molecule has 1 heterocycles. The number of rotatable bonds is 12. The second-order valence-corrected chi connectivity index (χ2v) is 12.9. The van der Waals surface area contributed by atoms with Crippen molar-refractivity contribution in [2.24, 2.45) is 0 Å². The monoisotopic (exact) mass is 625 g/mol. The average Bonchev–Trinajstić information content (AvgIpc) is 3.74. The molecule has 2 aromatic carbocycles. The number of carbonyl (C=O) groups excluding carboxylic acids is 3. The number of hydrogen-bond donors (Lipinski definition) is 4. The van der Waals surface area contributed by atoms with Crippen molar-refractivity contribution in [3.05, 3.63) is 75.6 Å². The first-order chi connectivity index (χ1) is 22.0. The number of amides is 3. The van der Waals surface area contributed by atoms with Crippen LogP contribution < -0.4 is 16.0 Å². The van der Waals surface area contributed by atoms with Gasteiger partial charge in [-0.3, -0.25) is 14.4 Å². The number of aromatic amines is 1. The summed E-state index contributed by atoms with van der Waals surface area (Å²) in [5, 5.41) is 34.3. The number of aryl methyl sites for hydroxylation is 2. The van der Waals surface area contributed by atoms with Crippen molar-refractivity contribution in [3.8, 4) is 6.07 Å². The van der Waals surface area contributed by atoms with Crippen molar-refractivity contribution in [3.63, 3.8) is 0 Å². The van der Waals surface area contributed by atoms with E-state index in [4.69, 9.17) is 0 Å². The van der Waals surface area contributed by atoms with Crippen LogP contribution in [0, 0.1) is 11.3 Å². The molecule has 4 N–H and O–H groups in total. The van der Waals surface area contributed by atoms with Crippen molar-refractivity contribution < 1.29 is 14.4 Å². The molecule has 12 nitrogen and oxygen atoms in total. The molecule has 0 bridgehead atoms. The van der Waals surface area contributed by atoms with E-state index in [0.29, 0.717) is 49.3 Å². The van der Waals surface area contributed by atoms with Crippen LogP contribution in [-0.4, -0.2) is 80.5 Å². The van der Waals surface area contributed by atoms with Crippen LogP contribution in [-0.2, 0) is 23.1 Å². The van der Waals surface area contributed by atoms with Crippen LogP contribution in [0.2, 0.25) is 0 Å². The summed E-state index contributed by atoms with van der Waals surface area (Å²) >= 11 is 0. The Kier molecular flexibility index (Phi) is 9.53. The fourth-order valence-electron chi connectivity index (χ4n) is 6.81. The maximum atomic E-state index is 13.4. The van der Waals surface area contributed by atoms with E-state index in [-0.39, 0.29) is 30.3 Å². The summed E-state index contributed by atoms with van der Waals surface area (Å²) in [6, 6.07) is 13.3. The Morgan fingerprint density at radius 1 is 1.02 bits per heavy atom. The van der Waals surface area contributed by atoms with Gasteiger partial charge in [0.15, 0.2) is 5.82 Å². The third-order valence-corrected chi connectivity index (χ3v) is 9.00. The molecule has 0 radical (unpaired) electrons. The molecule has 0 aliphatic heterocycles. The van der Waals surface area contributed by atoms with Crippen LogP contribution in [0.4, 0.5) is 0 Å². The molecular weight excluding hydrogens is 582 g/mol. The number of nitrogens with zero attached hydrogens (tertiary/aromatic N) is 5. The molecule has 1 fully saturated rings. The molecule has 3 amide bonds. The third kappa shape index (κ3) is 6.51. The fraction of sp³-hybridized carbons (Fsp3) is 0.500. The molecule has 0 saturated heterocycles. The number of aromatic nitrogens is 4. The molecule has 1 unspecified atom stereocenters. The highest BCUT2D eigenvalue weighted by Crippen LogP contribution is 2.48. The highest BCUT2D eigenvalue weighted by molar-refractivity contribution is 5.95. The van der Waals surface area contributed by atoms with Gasteiger partial charge in [0.25, 0.3) is 11.8 Å². The second-order valence-electron chi connectivity index (χ2n) is 12.9. The lowest BCUT2D eigenvalue weighted by molar-refractivity contribution is -0.132. The van der Waals surface area contributed by atoms with Gasteiger partial charge in [-0.1, -0.05) is 12.1 Å². The van der Waals surface area contributed by atoms with Crippen LogP contribution in [0.25, 0.3) is 0 Å². The van der Waals surface area contributed by atoms with Crippen LogP contribution >= 0.6 is 0 Å². The predicted octanol–water partition coefficient (Wildman–Crippen LogP) is 2.79. The molecule has 1 aromatic heterocycles. The summed E-state index contributed by atoms with van der Waals surface area (Å²) in [5.41, 5.74) is 3.40. The van der Waals surface area contributed by atoms with Gasteiger partial charge >= 0.3 is 0 Å². The summed E-state index contributed by atoms with van der Waals surface area (Å²) < 4.78 is 0. The lowest BCUT2D eigenvalue weighted by Gasteiger charge is -2.41. The minimum Gasteiger partial charge on any atom is -0.352 e. The Hall–Kier alpha value is -4.63. The van der Waals surface area contributed by atoms with E-state index in [0.717, 1.165) is 35.1 Å². The topological polar surface area (TPSA) is 169 Å². The SMILES string of the molecule is CCNC(=O)c1ccc2c(c1)CCc1cc(C(=O)NCC)ccc1C2(CC(C)(C)NCC(=O)N(C(C)C#N)C1CC1)c1nnn[nH]1. The van der Waals surface area contributed by atoms with Gasteiger partial charge in [-0.25, -0.2) is 5.10 Å². The van der Waals surface area contributed by atoms with Gasteiger partial charge in [0.2, 0.25) is 5.91 Å². The van der Waals surface area contributed by atoms with Crippen LogP contribution in [0.1, 0.15) is 103 Å². The van der Waals surface area contributed by atoms with Gasteiger partial charge in [0, 0.05) is 35.8 Å². The van der Waals surface area contributed by atoms with Crippen molar-refractivity contribution in [2.45, 2.75) is 89.8 Å². The zero-order chi connectivity index (χ0) is 33.1. The molecule has 0 spiro atoms. The maximum Gasteiger partial charge on any atom is 0.251 e. The molecule has 46 heavy (non-hydrogen) atoms. The summed E-state index contributed by atoms with van der Waals surface area (Å²) in [6.45, 7) is 10.7. The Labute approximate surface area is 269 Å². The number of tetrazole rings is 1. The van der Waals surface area contributed by atoms with Gasteiger partial charge in [0.1, 0.15) is 6.04 Å². The molecule has 1 saturated carbocycles. The summed E-state index contributed by atoms with van der Waals surface area (Å²) in [5.74, 6) is 0.113. The van der Waals surface area contributed by atoms with Crippen LogP contribution in [0.5, 0.6) is 0 Å². The van der Waals surface area contributed by atoms with E-state index in [2.05, 4.69) is 42.6 Å². The van der Waals surface area contributed by atoms with E-state index < -0.39 is 17.0 Å². The predicted molar refractivity (Wildman–Crippen MR) is 172 cm³/mol. The number of carbonyl (C=O) groups is 3. The molecule has 2 aliphatic rings. The minimum atomic E-state index is -0.931. The zero-order valence-electron chi connectivity index (χ0n) is 27.2. The Bertz CT molecular complexity index is 1570. The smallest absolute Gasteiger partial charge is 0.251 e. The second kappa shape index (κ2) is 13.4. The van der Waals surface area contributed by atoms with Gasteiger partial charge in [0.05, 0.1) is 18.0 Å². The summed E-state index contributed by atoms with van der Waals surface area (Å²) in [7, 11) is 0. The molecule has 1 atom stereocenters. The molecular formula is C34H43N9O3. The van der Waals surface area contributed by atoms with E-state index in [1.165, 1.54) is 0 Å². The highest BCUT2D eigenvalue weighted by atomic mass is 16.2. The first kappa shape index (κ1) is 32.8. The van der Waals surface area contributed by atoms with Gasteiger partial charge in [-0.2, -0.15) is 5.26 Å². The van der Waals surface area contributed by atoms with Gasteiger partial charge < -0.3 is 20.9 Å². The first-order valence-electron chi connectivity index (χ1n) is 16.1. The Morgan fingerprint density at radius 3 is 2.04 bits per heavy atom. The van der Waals surface area contributed by atoms with Crippen molar-refractivity contribution >= 4 is 17.7 Å². The lowest BCUT2D eigenvalue weighted by Crippen LogP contribution is -2.52. The van der Waals surface area contributed by atoms with Crippen molar-refractivity contribution in [1.29, 1.82) is 5.26 Å². The van der Waals surface area contributed by atoms with Gasteiger partial charge in [-0.15, -0.1) is 5.10 Å². The molecule has 12 heteroatoms. The van der Waals surface area contributed by atoms with E-state index in [9.17, 15) is 19.6 Å².